The molecule has 240 valence electrons. The zero-order valence-corrected chi connectivity index (χ0v) is 26.6. The lowest BCUT2D eigenvalue weighted by Gasteiger charge is -2.18. The van der Waals surface area contributed by atoms with Crippen molar-refractivity contribution in [1.29, 1.82) is 0 Å². The predicted octanol–water partition coefficient (Wildman–Crippen LogP) is 4.99. The van der Waals surface area contributed by atoms with E-state index in [0.717, 1.165) is 29.7 Å². The Labute approximate surface area is 272 Å². The molecule has 2 aliphatic rings. The molecule has 2 fully saturated rings. The fourth-order valence-electron chi connectivity index (χ4n) is 6.02. The van der Waals surface area contributed by atoms with Crippen molar-refractivity contribution in [3.63, 3.8) is 0 Å². The largest absolute Gasteiger partial charge is 0.481 e. The molecule has 0 unspecified atom stereocenters. The molecule has 1 amide bonds. The zero-order valence-electron chi connectivity index (χ0n) is 25.8. The van der Waals surface area contributed by atoms with Gasteiger partial charge in [0, 0.05) is 85.5 Å². The predicted molar refractivity (Wildman–Crippen MR) is 175 cm³/mol. The molecule has 2 atom stereocenters. The number of benzene rings is 1. The average Bonchev–Trinajstić information content (AvgIpc) is 3.67. The van der Waals surface area contributed by atoms with Crippen LogP contribution >= 0.6 is 11.6 Å². The van der Waals surface area contributed by atoms with Crippen molar-refractivity contribution in [2.75, 3.05) is 32.1 Å². The van der Waals surface area contributed by atoms with Gasteiger partial charge in [0.15, 0.2) is 11.6 Å². The third-order valence-electron chi connectivity index (χ3n) is 8.54. The van der Waals surface area contributed by atoms with Crippen molar-refractivity contribution in [1.82, 2.24) is 30.5 Å². The first-order valence-electron chi connectivity index (χ1n) is 15.4. The van der Waals surface area contributed by atoms with Crippen LogP contribution < -0.4 is 20.7 Å². The van der Waals surface area contributed by atoms with Crippen LogP contribution in [-0.4, -0.2) is 69.8 Å². The second kappa shape index (κ2) is 14.1. The Balaban J connectivity index is 1.21. The number of carbonyl (C=O) groups is 1. The summed E-state index contributed by atoms with van der Waals surface area (Å²) in [6.45, 7) is 4.80. The minimum atomic E-state index is -0.421. The van der Waals surface area contributed by atoms with Gasteiger partial charge >= 0.3 is 0 Å². The van der Waals surface area contributed by atoms with Gasteiger partial charge in [0.1, 0.15) is 0 Å². The average molecular weight is 646 g/mol. The normalized spacial score (nSPS) is 18.2. The van der Waals surface area contributed by atoms with Crippen LogP contribution in [-0.2, 0) is 17.9 Å². The summed E-state index contributed by atoms with van der Waals surface area (Å²) in [6.07, 6.45) is 4.99. The molecule has 5 heterocycles. The van der Waals surface area contributed by atoms with Crippen LogP contribution in [0.1, 0.15) is 36.0 Å². The van der Waals surface area contributed by atoms with E-state index in [0.29, 0.717) is 78.1 Å². The maximum absolute atomic E-state index is 15.5. The first-order valence-corrected chi connectivity index (χ1v) is 15.8. The number of ether oxygens (including phenoxy) is 1. The van der Waals surface area contributed by atoms with Crippen molar-refractivity contribution in [3.8, 4) is 28.4 Å². The molecule has 1 aromatic carbocycles. The summed E-state index contributed by atoms with van der Waals surface area (Å²) in [4.78, 5) is 27.1. The number of rotatable bonds is 11. The number of halogens is 2. The van der Waals surface area contributed by atoms with Gasteiger partial charge in [-0.3, -0.25) is 14.7 Å². The van der Waals surface area contributed by atoms with Crippen LogP contribution in [0.2, 0.25) is 5.02 Å². The first kappa shape index (κ1) is 31.8. The lowest BCUT2D eigenvalue weighted by molar-refractivity contribution is -0.119. The minimum absolute atomic E-state index is 0.0916. The lowest BCUT2D eigenvalue weighted by atomic mass is 10.0. The van der Waals surface area contributed by atoms with Gasteiger partial charge < -0.3 is 25.8 Å². The standard InChI is InChI=1S/C34H37ClFN7O3/c1-20-25(4-3-5-27(20)41-33-31(36)22(10-13-39-33)18-43-15-12-24(44)19-43)32-30(35)26(11-14-38-32)28-8-6-21(34(42-28)46-2)16-37-17-23-7-9-29(45)40-23/h3-6,8,10-11,13-14,23-24,37,44H,7,9,12,15-19H2,1-2H3,(H,39,41)(H,40,45)/t23-,24+/m1/s1. The van der Waals surface area contributed by atoms with E-state index in [-0.39, 0.29) is 23.9 Å². The third-order valence-corrected chi connectivity index (χ3v) is 8.92. The molecule has 4 N–H and O–H groups in total. The topological polar surface area (TPSA) is 125 Å². The van der Waals surface area contributed by atoms with E-state index in [4.69, 9.17) is 21.3 Å². The van der Waals surface area contributed by atoms with Gasteiger partial charge in [-0.1, -0.05) is 29.8 Å². The lowest BCUT2D eigenvalue weighted by Crippen LogP contribution is -2.35. The summed E-state index contributed by atoms with van der Waals surface area (Å²) < 4.78 is 21.1. The van der Waals surface area contributed by atoms with Crippen LogP contribution in [0.5, 0.6) is 5.88 Å². The van der Waals surface area contributed by atoms with Crippen LogP contribution in [0.4, 0.5) is 15.9 Å². The van der Waals surface area contributed by atoms with E-state index in [9.17, 15) is 9.90 Å². The molecular weight excluding hydrogens is 609 g/mol. The molecule has 0 bridgehead atoms. The quantitative estimate of drug-likeness (QED) is 0.179. The molecule has 2 saturated heterocycles. The highest BCUT2D eigenvalue weighted by molar-refractivity contribution is 6.35. The Kier molecular flexibility index (Phi) is 9.74. The van der Waals surface area contributed by atoms with E-state index < -0.39 is 5.82 Å². The molecule has 3 aromatic heterocycles. The maximum Gasteiger partial charge on any atom is 0.220 e. The van der Waals surface area contributed by atoms with Crippen molar-refractivity contribution in [2.45, 2.75) is 51.4 Å². The van der Waals surface area contributed by atoms with E-state index >= 15 is 4.39 Å². The number of likely N-dealkylation sites (tertiary alicyclic amines) is 1. The van der Waals surface area contributed by atoms with Gasteiger partial charge in [-0.15, -0.1) is 0 Å². The molecule has 0 radical (unpaired) electrons. The summed E-state index contributed by atoms with van der Waals surface area (Å²) in [5.41, 5.74) is 5.60. The van der Waals surface area contributed by atoms with Gasteiger partial charge in [-0.2, -0.15) is 0 Å². The van der Waals surface area contributed by atoms with Crippen molar-refractivity contribution < 1.29 is 19.0 Å². The zero-order chi connectivity index (χ0) is 32.2. The minimum Gasteiger partial charge on any atom is -0.481 e. The van der Waals surface area contributed by atoms with Gasteiger partial charge in [0.05, 0.1) is 29.6 Å². The van der Waals surface area contributed by atoms with Crippen LogP contribution in [0, 0.1) is 12.7 Å². The van der Waals surface area contributed by atoms with E-state index in [2.05, 4.69) is 25.9 Å². The summed E-state index contributed by atoms with van der Waals surface area (Å²) in [5, 5.41) is 19.8. The highest BCUT2D eigenvalue weighted by Gasteiger charge is 2.23. The number of anilines is 2. The fourth-order valence-corrected chi connectivity index (χ4v) is 6.33. The number of carbonyl (C=O) groups excluding carboxylic acids is 1. The van der Waals surface area contributed by atoms with Crippen LogP contribution in [0.3, 0.4) is 0 Å². The molecule has 4 aromatic rings. The van der Waals surface area contributed by atoms with Crippen LogP contribution in [0.25, 0.3) is 22.5 Å². The smallest absolute Gasteiger partial charge is 0.220 e. The molecule has 12 heteroatoms. The number of hydrogen-bond acceptors (Lipinski definition) is 9. The molecule has 0 spiro atoms. The Morgan fingerprint density at radius 2 is 1.96 bits per heavy atom. The number of amides is 1. The number of aliphatic hydroxyl groups excluding tert-OH is 1. The highest BCUT2D eigenvalue weighted by Crippen LogP contribution is 2.38. The van der Waals surface area contributed by atoms with E-state index in [1.165, 1.54) is 0 Å². The Bertz CT molecular complexity index is 1740. The molecule has 46 heavy (non-hydrogen) atoms. The number of nitrogens with one attached hydrogen (secondary N) is 3. The molecule has 6 rings (SSSR count). The van der Waals surface area contributed by atoms with Gasteiger partial charge in [-0.05, 0) is 49.6 Å². The van der Waals surface area contributed by atoms with E-state index in [1.807, 2.05) is 48.2 Å². The van der Waals surface area contributed by atoms with Crippen LogP contribution in [0.15, 0.2) is 54.9 Å². The Morgan fingerprint density at radius 3 is 2.72 bits per heavy atom. The molecule has 2 aliphatic heterocycles. The first-order chi connectivity index (χ1) is 22.3. The number of aromatic nitrogens is 3. The van der Waals surface area contributed by atoms with Gasteiger partial charge in [0.2, 0.25) is 11.8 Å². The summed E-state index contributed by atoms with van der Waals surface area (Å²) in [7, 11) is 1.58. The number of β-amino-alcohol motifs (C(OH)–C–C–N with tert-alkyl or cyclic N) is 1. The Morgan fingerprint density at radius 1 is 1.11 bits per heavy atom. The fraction of sp³-hybridized carbons (Fsp3) is 0.353. The molecule has 0 saturated carbocycles. The second-order valence-electron chi connectivity index (χ2n) is 11.7. The van der Waals surface area contributed by atoms with Crippen molar-refractivity contribution in [3.05, 3.63) is 82.4 Å². The number of pyridine rings is 3. The number of hydrogen-bond donors (Lipinski definition) is 4. The molecular formula is C34H37ClFN7O3. The number of aliphatic hydroxyl groups is 1. The summed E-state index contributed by atoms with van der Waals surface area (Å²) >= 11 is 7.00. The maximum atomic E-state index is 15.5. The third kappa shape index (κ3) is 6.97. The van der Waals surface area contributed by atoms with Crippen molar-refractivity contribution >= 4 is 29.0 Å². The van der Waals surface area contributed by atoms with Gasteiger partial charge in [0.25, 0.3) is 0 Å². The molecule has 10 nitrogen and oxygen atoms in total. The van der Waals surface area contributed by atoms with Gasteiger partial charge in [-0.25, -0.2) is 14.4 Å². The number of nitrogens with zero attached hydrogens (tertiary/aromatic N) is 4. The highest BCUT2D eigenvalue weighted by atomic mass is 35.5. The molecule has 0 aliphatic carbocycles. The summed E-state index contributed by atoms with van der Waals surface area (Å²) in [6, 6.07) is 13.1. The Hall–Kier alpha value is -4.16. The SMILES string of the molecule is COc1nc(-c2ccnc(-c3cccc(Nc4nccc(CN5CC[C@H](O)C5)c4F)c3C)c2Cl)ccc1CNC[C@H]1CCC(=O)N1. The van der Waals surface area contributed by atoms with E-state index in [1.54, 1.807) is 25.6 Å². The van der Waals surface area contributed by atoms with Crippen molar-refractivity contribution in [2.24, 2.45) is 0 Å². The second-order valence-corrected chi connectivity index (χ2v) is 12.1. The summed E-state index contributed by atoms with van der Waals surface area (Å²) in [5.74, 6) is 0.281. The monoisotopic (exact) mass is 645 g/mol. The number of methoxy groups -OCH3 is 1.